The SMILES string of the molecule is COc1ccc(-c2nc(C(=O)NCC(=O)Nc3ccc(Br)cc3C)cs2)cc1OC. The number of carbonyl (C=O) groups excluding carboxylic acids is 2. The Bertz CT molecular complexity index is 1080. The average Bonchev–Trinajstić information content (AvgIpc) is 3.24. The summed E-state index contributed by atoms with van der Waals surface area (Å²) in [6, 6.07) is 11.0. The summed E-state index contributed by atoms with van der Waals surface area (Å²) in [5, 5.41) is 7.69. The lowest BCUT2D eigenvalue weighted by Crippen LogP contribution is -2.33. The Morgan fingerprint density at radius 2 is 1.87 bits per heavy atom. The van der Waals surface area contributed by atoms with Crippen LogP contribution in [-0.2, 0) is 4.79 Å². The highest BCUT2D eigenvalue weighted by Crippen LogP contribution is 2.33. The predicted molar refractivity (Wildman–Crippen MR) is 120 cm³/mol. The summed E-state index contributed by atoms with van der Waals surface area (Å²) in [6.07, 6.45) is 0. The predicted octanol–water partition coefficient (Wildman–Crippen LogP) is 4.27. The standard InChI is InChI=1S/C21H20BrN3O4S/c1-12-8-14(22)5-6-15(12)24-19(26)10-23-20(27)16-11-30-21(25-16)13-4-7-17(28-2)18(9-13)29-3/h4-9,11H,10H2,1-3H3,(H,23,27)(H,24,26). The lowest BCUT2D eigenvalue weighted by molar-refractivity contribution is -0.115. The van der Waals surface area contributed by atoms with E-state index in [0.29, 0.717) is 22.2 Å². The number of thiazole rings is 1. The Hall–Kier alpha value is -2.91. The van der Waals surface area contributed by atoms with E-state index in [4.69, 9.17) is 9.47 Å². The Morgan fingerprint density at radius 1 is 1.10 bits per heavy atom. The van der Waals surface area contributed by atoms with Crippen LogP contribution >= 0.6 is 27.3 Å². The second kappa shape index (κ2) is 9.73. The molecule has 30 heavy (non-hydrogen) atoms. The highest BCUT2D eigenvalue weighted by Gasteiger charge is 2.15. The minimum Gasteiger partial charge on any atom is -0.493 e. The van der Waals surface area contributed by atoms with Crippen molar-refractivity contribution in [3.63, 3.8) is 0 Å². The van der Waals surface area contributed by atoms with Crippen LogP contribution in [0.2, 0.25) is 0 Å². The molecule has 0 aliphatic rings. The van der Waals surface area contributed by atoms with Crippen molar-refractivity contribution in [2.45, 2.75) is 6.92 Å². The molecule has 1 aromatic heterocycles. The number of amides is 2. The van der Waals surface area contributed by atoms with Gasteiger partial charge in [0.15, 0.2) is 11.5 Å². The van der Waals surface area contributed by atoms with Gasteiger partial charge in [0.2, 0.25) is 5.91 Å². The summed E-state index contributed by atoms with van der Waals surface area (Å²) in [4.78, 5) is 28.9. The Balaban J connectivity index is 1.62. The largest absolute Gasteiger partial charge is 0.493 e. The van der Waals surface area contributed by atoms with E-state index in [2.05, 4.69) is 31.5 Å². The van der Waals surface area contributed by atoms with Gasteiger partial charge in [0.05, 0.1) is 20.8 Å². The van der Waals surface area contributed by atoms with Crippen LogP contribution in [0.5, 0.6) is 11.5 Å². The van der Waals surface area contributed by atoms with E-state index in [9.17, 15) is 9.59 Å². The van der Waals surface area contributed by atoms with Crippen LogP contribution in [0.15, 0.2) is 46.3 Å². The molecule has 0 saturated carbocycles. The first-order valence-electron chi connectivity index (χ1n) is 8.93. The van der Waals surface area contributed by atoms with Gasteiger partial charge in [-0.3, -0.25) is 9.59 Å². The fraction of sp³-hybridized carbons (Fsp3) is 0.190. The quantitative estimate of drug-likeness (QED) is 0.517. The summed E-state index contributed by atoms with van der Waals surface area (Å²) in [7, 11) is 3.13. The molecule has 7 nitrogen and oxygen atoms in total. The number of benzene rings is 2. The van der Waals surface area contributed by atoms with E-state index >= 15 is 0 Å². The smallest absolute Gasteiger partial charge is 0.271 e. The molecule has 0 bridgehead atoms. The van der Waals surface area contributed by atoms with E-state index in [1.165, 1.54) is 11.3 Å². The third kappa shape index (κ3) is 5.17. The van der Waals surface area contributed by atoms with Crippen molar-refractivity contribution in [3.8, 4) is 22.1 Å². The maximum absolute atomic E-state index is 12.4. The van der Waals surface area contributed by atoms with Gasteiger partial charge >= 0.3 is 0 Å². The van der Waals surface area contributed by atoms with Gasteiger partial charge in [-0.25, -0.2) is 4.98 Å². The van der Waals surface area contributed by atoms with Crippen molar-refractivity contribution >= 4 is 44.8 Å². The molecule has 0 atom stereocenters. The number of halogens is 1. The molecule has 156 valence electrons. The van der Waals surface area contributed by atoms with E-state index < -0.39 is 5.91 Å². The summed E-state index contributed by atoms with van der Waals surface area (Å²) in [5.74, 6) is 0.462. The molecule has 2 N–H and O–H groups in total. The third-order valence-corrected chi connectivity index (χ3v) is 5.62. The van der Waals surface area contributed by atoms with Gasteiger partial charge in [-0.05, 0) is 48.9 Å². The first-order valence-corrected chi connectivity index (χ1v) is 10.6. The first-order chi connectivity index (χ1) is 14.4. The zero-order valence-electron chi connectivity index (χ0n) is 16.6. The lowest BCUT2D eigenvalue weighted by atomic mass is 10.2. The number of anilines is 1. The number of nitrogens with one attached hydrogen (secondary N) is 2. The minimum absolute atomic E-state index is 0.155. The minimum atomic E-state index is -0.416. The van der Waals surface area contributed by atoms with Gasteiger partial charge in [0.1, 0.15) is 10.7 Å². The van der Waals surface area contributed by atoms with E-state index in [-0.39, 0.29) is 18.1 Å². The van der Waals surface area contributed by atoms with Crippen molar-refractivity contribution in [1.82, 2.24) is 10.3 Å². The Kier molecular flexibility index (Phi) is 7.07. The average molecular weight is 490 g/mol. The highest BCUT2D eigenvalue weighted by atomic mass is 79.9. The van der Waals surface area contributed by atoms with Crippen LogP contribution in [0.25, 0.3) is 10.6 Å². The first kappa shape index (κ1) is 21.8. The summed E-state index contributed by atoms with van der Waals surface area (Å²) in [5.41, 5.74) is 2.67. The number of methoxy groups -OCH3 is 2. The third-order valence-electron chi connectivity index (χ3n) is 4.24. The van der Waals surface area contributed by atoms with Gasteiger partial charge in [-0.2, -0.15) is 0 Å². The zero-order valence-corrected chi connectivity index (χ0v) is 19.0. The van der Waals surface area contributed by atoms with Crippen LogP contribution in [0.3, 0.4) is 0 Å². The molecule has 2 amide bonds. The Morgan fingerprint density at radius 3 is 2.57 bits per heavy atom. The molecule has 3 rings (SSSR count). The molecule has 0 unspecified atom stereocenters. The molecule has 0 fully saturated rings. The van der Waals surface area contributed by atoms with Gasteiger partial charge in [-0.15, -0.1) is 11.3 Å². The molecule has 0 radical (unpaired) electrons. The van der Waals surface area contributed by atoms with Gasteiger partial charge in [0, 0.05) is 21.1 Å². The van der Waals surface area contributed by atoms with Crippen LogP contribution in [0.4, 0.5) is 5.69 Å². The molecule has 0 spiro atoms. The van der Waals surface area contributed by atoms with Crippen LogP contribution < -0.4 is 20.1 Å². The lowest BCUT2D eigenvalue weighted by Gasteiger charge is -2.09. The summed E-state index contributed by atoms with van der Waals surface area (Å²) >= 11 is 4.71. The van der Waals surface area contributed by atoms with Crippen molar-refractivity contribution in [1.29, 1.82) is 0 Å². The van der Waals surface area contributed by atoms with Crippen molar-refractivity contribution in [2.24, 2.45) is 0 Å². The maximum Gasteiger partial charge on any atom is 0.271 e. The van der Waals surface area contributed by atoms with Crippen LogP contribution in [0.1, 0.15) is 16.1 Å². The highest BCUT2D eigenvalue weighted by molar-refractivity contribution is 9.10. The van der Waals surface area contributed by atoms with E-state index in [1.807, 2.05) is 25.1 Å². The molecule has 0 aliphatic carbocycles. The summed E-state index contributed by atoms with van der Waals surface area (Å²) < 4.78 is 11.5. The van der Waals surface area contributed by atoms with Crippen molar-refractivity contribution in [2.75, 3.05) is 26.1 Å². The number of carbonyl (C=O) groups is 2. The second-order valence-corrected chi connectivity index (χ2v) is 8.07. The van der Waals surface area contributed by atoms with Crippen molar-refractivity contribution in [3.05, 3.63) is 57.5 Å². The van der Waals surface area contributed by atoms with Gasteiger partial charge in [0.25, 0.3) is 5.91 Å². The number of aryl methyl sites for hydroxylation is 1. The molecule has 1 heterocycles. The normalized spacial score (nSPS) is 10.4. The number of nitrogens with zero attached hydrogens (tertiary/aromatic N) is 1. The number of aromatic nitrogens is 1. The summed E-state index contributed by atoms with van der Waals surface area (Å²) in [6.45, 7) is 1.74. The van der Waals surface area contributed by atoms with Crippen LogP contribution in [-0.4, -0.2) is 37.6 Å². The Labute approximate surface area is 186 Å². The number of hydrogen-bond donors (Lipinski definition) is 2. The molecule has 3 aromatic rings. The van der Waals surface area contributed by atoms with Crippen LogP contribution in [0, 0.1) is 6.92 Å². The van der Waals surface area contributed by atoms with E-state index in [1.54, 1.807) is 37.8 Å². The molecule has 0 saturated heterocycles. The molecule has 2 aromatic carbocycles. The zero-order chi connectivity index (χ0) is 21.7. The maximum atomic E-state index is 12.4. The molecular weight excluding hydrogens is 470 g/mol. The van der Waals surface area contributed by atoms with Gasteiger partial charge in [-0.1, -0.05) is 15.9 Å². The number of rotatable bonds is 7. The monoisotopic (exact) mass is 489 g/mol. The topological polar surface area (TPSA) is 89.5 Å². The molecule has 9 heteroatoms. The van der Waals surface area contributed by atoms with Gasteiger partial charge < -0.3 is 20.1 Å². The molecular formula is C21H20BrN3O4S. The van der Waals surface area contributed by atoms with E-state index in [0.717, 1.165) is 15.6 Å². The number of ether oxygens (including phenoxy) is 2. The number of hydrogen-bond acceptors (Lipinski definition) is 6. The fourth-order valence-corrected chi connectivity index (χ4v) is 3.97. The van der Waals surface area contributed by atoms with Crippen molar-refractivity contribution < 1.29 is 19.1 Å². The fourth-order valence-electron chi connectivity index (χ4n) is 2.69. The second-order valence-electron chi connectivity index (χ2n) is 6.30. The molecule has 0 aliphatic heterocycles.